The largest absolute Gasteiger partial charge is 0.455 e. The van der Waals surface area contributed by atoms with Gasteiger partial charge in [0.2, 0.25) is 0 Å². The Hall–Kier alpha value is -2.84. The molecule has 0 spiro atoms. The topological polar surface area (TPSA) is 13.1 Å². The summed E-state index contributed by atoms with van der Waals surface area (Å²) in [5.41, 5.74) is 5.00. The van der Waals surface area contributed by atoms with E-state index in [1.54, 1.807) is 0 Å². The maximum Gasteiger partial charge on any atom is 0.143 e. The molecule has 0 saturated heterocycles. The number of benzene rings is 4. The molecule has 2 heterocycles. The number of rotatable bonds is 26. The van der Waals surface area contributed by atoms with E-state index in [-0.39, 0.29) is 0 Å². The molecule has 0 unspecified atom stereocenters. The zero-order valence-corrected chi connectivity index (χ0v) is 33.8. The Bertz CT molecular complexity index is 1800. The maximum absolute atomic E-state index is 6.59. The third-order valence-corrected chi connectivity index (χ3v) is 13.1. The summed E-state index contributed by atoms with van der Waals surface area (Å²) < 4.78 is 9.38. The first kappa shape index (κ1) is 38.9. The van der Waals surface area contributed by atoms with Gasteiger partial charge in [-0.05, 0) is 73.2 Å². The van der Waals surface area contributed by atoms with Crippen molar-refractivity contribution >= 4 is 64.2 Å². The summed E-state index contributed by atoms with van der Waals surface area (Å²) in [4.78, 5) is 0. The Morgan fingerprint density at radius 3 is 1.31 bits per heavy atom. The maximum atomic E-state index is 6.59. The summed E-state index contributed by atoms with van der Waals surface area (Å²) in [6, 6.07) is 23.5. The van der Waals surface area contributed by atoms with Gasteiger partial charge >= 0.3 is 0 Å². The van der Waals surface area contributed by atoms with Gasteiger partial charge in [-0.3, -0.25) is 0 Å². The molecule has 1 nitrogen and oxygen atoms in total. The third-order valence-electron chi connectivity index (χ3n) is 11.8. The van der Waals surface area contributed by atoms with E-state index in [0.717, 1.165) is 17.6 Å². The second-order valence-electron chi connectivity index (χ2n) is 16.1. The quantitative estimate of drug-likeness (QED) is 0.0509. The van der Waals surface area contributed by atoms with Crippen molar-refractivity contribution in [3.05, 3.63) is 71.8 Å². The lowest BCUT2D eigenvalue weighted by Gasteiger charge is -2.04. The Kier molecular flexibility index (Phi) is 15.8. The third kappa shape index (κ3) is 10.6. The molecule has 0 radical (unpaired) electrons. The second-order valence-corrected chi connectivity index (χ2v) is 17.2. The summed E-state index contributed by atoms with van der Waals surface area (Å²) in [6.07, 6.45) is 36.0. The molecule has 0 aliphatic heterocycles. The summed E-state index contributed by atoms with van der Waals surface area (Å²) in [5, 5.41) is 7.91. The Balaban J connectivity index is 1.00. The van der Waals surface area contributed by atoms with Gasteiger partial charge in [0.05, 0.1) is 0 Å². The number of aryl methyl sites for hydroxylation is 2. The first-order valence-corrected chi connectivity index (χ1v) is 22.8. The zero-order chi connectivity index (χ0) is 35.8. The van der Waals surface area contributed by atoms with Crippen molar-refractivity contribution in [1.82, 2.24) is 0 Å². The van der Waals surface area contributed by atoms with Gasteiger partial charge in [-0.25, -0.2) is 0 Å². The van der Waals surface area contributed by atoms with Gasteiger partial charge in [0.15, 0.2) is 0 Å². The van der Waals surface area contributed by atoms with E-state index in [4.69, 9.17) is 4.42 Å². The predicted octanol–water partition coefficient (Wildman–Crippen LogP) is 17.6. The molecule has 6 rings (SSSR count). The molecule has 4 aromatic carbocycles. The van der Waals surface area contributed by atoms with Crippen molar-refractivity contribution < 1.29 is 4.42 Å². The Morgan fingerprint density at radius 1 is 0.385 bits per heavy atom. The van der Waals surface area contributed by atoms with Crippen LogP contribution in [0.25, 0.3) is 52.9 Å². The smallest absolute Gasteiger partial charge is 0.143 e. The van der Waals surface area contributed by atoms with Gasteiger partial charge in [-0.2, -0.15) is 0 Å². The summed E-state index contributed by atoms with van der Waals surface area (Å²) >= 11 is 1.94. The number of hydrogen-bond donors (Lipinski definition) is 0. The van der Waals surface area contributed by atoms with Crippen LogP contribution >= 0.6 is 11.3 Å². The van der Waals surface area contributed by atoms with Crippen LogP contribution in [0.1, 0.15) is 179 Å². The van der Waals surface area contributed by atoms with Crippen molar-refractivity contribution in [2.45, 2.75) is 181 Å². The molecule has 0 fully saturated rings. The first-order chi connectivity index (χ1) is 25.8. The van der Waals surface area contributed by atoms with Crippen LogP contribution in [-0.4, -0.2) is 0 Å². The number of unbranched alkanes of at least 4 members (excludes halogenated alkanes) is 22. The van der Waals surface area contributed by atoms with Crippen molar-refractivity contribution in [3.8, 4) is 0 Å². The number of furan rings is 1. The Labute approximate surface area is 319 Å². The minimum absolute atomic E-state index is 1.01. The molecule has 0 aliphatic carbocycles. The van der Waals surface area contributed by atoms with Crippen LogP contribution in [0.15, 0.2) is 65.1 Å². The highest BCUT2D eigenvalue weighted by Gasteiger charge is 2.15. The van der Waals surface area contributed by atoms with Crippen LogP contribution in [-0.2, 0) is 12.8 Å². The van der Waals surface area contributed by atoms with E-state index in [0.29, 0.717) is 0 Å². The molecule has 0 N–H and O–H groups in total. The van der Waals surface area contributed by atoms with Gasteiger partial charge in [-0.1, -0.05) is 179 Å². The molecule has 0 amide bonds. The van der Waals surface area contributed by atoms with Crippen molar-refractivity contribution in [2.75, 3.05) is 0 Å². The van der Waals surface area contributed by atoms with Crippen molar-refractivity contribution in [2.24, 2.45) is 0 Å². The number of fused-ring (bicyclic) bond motifs is 9. The van der Waals surface area contributed by atoms with Crippen LogP contribution in [0.3, 0.4) is 0 Å². The molecule has 6 aromatic rings. The van der Waals surface area contributed by atoms with Gasteiger partial charge in [0, 0.05) is 41.7 Å². The van der Waals surface area contributed by atoms with Gasteiger partial charge in [0.25, 0.3) is 0 Å². The fourth-order valence-electron chi connectivity index (χ4n) is 8.62. The Morgan fingerprint density at radius 2 is 0.788 bits per heavy atom. The lowest BCUT2D eigenvalue weighted by Crippen LogP contribution is -1.87. The van der Waals surface area contributed by atoms with E-state index in [1.807, 2.05) is 11.3 Å². The minimum atomic E-state index is 1.01. The van der Waals surface area contributed by atoms with Crippen LogP contribution < -0.4 is 0 Å². The normalized spacial score (nSPS) is 12.1. The zero-order valence-electron chi connectivity index (χ0n) is 33.0. The molecule has 2 heteroatoms. The van der Waals surface area contributed by atoms with Crippen molar-refractivity contribution in [1.29, 1.82) is 0 Å². The molecule has 2 aromatic heterocycles. The highest BCUT2D eigenvalue weighted by Crippen LogP contribution is 2.42. The SMILES string of the molecule is CCCCCCCCCCCCCCc1ccc2oc3c(ccc4c3ccc3c5cc(CCCCCCCCCCCCCC)ccc5sc34)c2c1. The van der Waals surface area contributed by atoms with Crippen LogP contribution in [0.4, 0.5) is 0 Å². The molecule has 0 atom stereocenters. The predicted molar refractivity (Wildman–Crippen MR) is 234 cm³/mol. The second kappa shape index (κ2) is 21.2. The molecular weight excluding hydrogens is 649 g/mol. The first-order valence-electron chi connectivity index (χ1n) is 22.0. The average Bonchev–Trinajstić information content (AvgIpc) is 3.74. The van der Waals surface area contributed by atoms with Crippen LogP contribution in [0, 0.1) is 0 Å². The standard InChI is InChI=1S/C50H68OS/c1-3-5-7-9-11-13-15-17-19-21-23-25-27-39-29-35-47-45(37-39)42-32-33-43-41(49(42)51-47)31-34-44-46-38-40(30-36-48(46)52-50(43)44)28-26-24-22-20-18-16-14-12-10-8-6-4-2/h29-38H,3-28H2,1-2H3. The molecule has 52 heavy (non-hydrogen) atoms. The summed E-state index contributed by atoms with van der Waals surface area (Å²) in [5.74, 6) is 0. The fourth-order valence-corrected chi connectivity index (χ4v) is 9.83. The molecular formula is C50H68OS. The summed E-state index contributed by atoms with van der Waals surface area (Å²) in [6.45, 7) is 4.60. The van der Waals surface area contributed by atoms with Gasteiger partial charge in [-0.15, -0.1) is 11.3 Å². The van der Waals surface area contributed by atoms with E-state index in [9.17, 15) is 0 Å². The number of hydrogen-bond acceptors (Lipinski definition) is 2. The van der Waals surface area contributed by atoms with E-state index in [1.165, 1.54) is 213 Å². The van der Waals surface area contributed by atoms with E-state index >= 15 is 0 Å². The molecule has 0 aliphatic rings. The lowest BCUT2D eigenvalue weighted by molar-refractivity contribution is 0.544. The molecule has 0 saturated carbocycles. The van der Waals surface area contributed by atoms with Crippen molar-refractivity contribution in [3.63, 3.8) is 0 Å². The van der Waals surface area contributed by atoms with E-state index in [2.05, 4.69) is 74.5 Å². The van der Waals surface area contributed by atoms with E-state index < -0.39 is 0 Å². The minimum Gasteiger partial charge on any atom is -0.455 e. The fraction of sp³-hybridized carbons (Fsp3) is 0.560. The molecule has 280 valence electrons. The number of thiophene rings is 1. The lowest BCUT2D eigenvalue weighted by atomic mass is 10.00. The molecule has 0 bridgehead atoms. The summed E-state index contributed by atoms with van der Waals surface area (Å²) in [7, 11) is 0. The average molecular weight is 717 g/mol. The highest BCUT2D eigenvalue weighted by atomic mass is 32.1. The monoisotopic (exact) mass is 716 g/mol. The van der Waals surface area contributed by atoms with Gasteiger partial charge in [0.1, 0.15) is 11.2 Å². The highest BCUT2D eigenvalue weighted by molar-refractivity contribution is 7.26. The van der Waals surface area contributed by atoms with Crippen LogP contribution in [0.5, 0.6) is 0 Å². The van der Waals surface area contributed by atoms with Gasteiger partial charge < -0.3 is 4.42 Å². The van der Waals surface area contributed by atoms with Crippen LogP contribution in [0.2, 0.25) is 0 Å².